The van der Waals surface area contributed by atoms with Crippen LogP contribution in [0, 0.1) is 0 Å². The minimum atomic E-state index is -0.500. The summed E-state index contributed by atoms with van der Waals surface area (Å²) in [6, 6.07) is 0. The summed E-state index contributed by atoms with van der Waals surface area (Å²) >= 11 is 7.74. The number of thiocarbonyl (C=S) groups is 2. The summed E-state index contributed by atoms with van der Waals surface area (Å²) in [5.74, 6) is 0. The molecule has 0 bridgehead atoms. The molecule has 0 unspecified atom stereocenters. The lowest BCUT2D eigenvalue weighted by molar-refractivity contribution is 0.559. The zero-order valence-electron chi connectivity index (χ0n) is 4.37. The van der Waals surface area contributed by atoms with Gasteiger partial charge in [-0.1, -0.05) is 0 Å². The smallest absolute Gasteiger partial charge is 0.251 e. The molecule has 0 aliphatic rings. The molecule has 0 aromatic rings. The van der Waals surface area contributed by atoms with E-state index in [1.165, 1.54) is 0 Å². The van der Waals surface area contributed by atoms with Gasteiger partial charge in [0, 0.05) is 0 Å². The molecule has 0 aliphatic heterocycles. The number of aliphatic hydroxyl groups excluding tert-OH is 2. The first-order chi connectivity index (χ1) is 3.46. The fourth-order valence-electron chi connectivity index (χ4n) is 0. The van der Waals surface area contributed by atoms with Gasteiger partial charge in [0.2, 0.25) is 0 Å². The molecule has 0 aromatic heterocycles. The Morgan fingerprint density at radius 2 is 1.00 bits per heavy atom. The molecule has 0 aliphatic carbocycles. The summed E-state index contributed by atoms with van der Waals surface area (Å²) < 4.78 is 0. The quantitative estimate of drug-likeness (QED) is 0.338. The highest BCUT2D eigenvalue weighted by atomic mass is 32.1. The second kappa shape index (κ2) is 10.3. The van der Waals surface area contributed by atoms with Crippen molar-refractivity contribution in [1.29, 1.82) is 0 Å². The second-order valence-electron chi connectivity index (χ2n) is 0.676. The van der Waals surface area contributed by atoms with Crippen molar-refractivity contribution in [1.82, 2.24) is 0 Å². The summed E-state index contributed by atoms with van der Waals surface area (Å²) in [6.45, 7) is 0. The average Bonchev–Trinajstić information content (AvgIpc) is 1.25. The van der Waals surface area contributed by atoms with Crippen molar-refractivity contribution >= 4 is 34.8 Å². The van der Waals surface area contributed by atoms with Crippen LogP contribution in [0.5, 0.6) is 0 Å². The van der Waals surface area contributed by atoms with Crippen molar-refractivity contribution in [2.75, 3.05) is 0 Å². The Morgan fingerprint density at radius 1 is 1.00 bits per heavy atom. The van der Waals surface area contributed by atoms with Crippen LogP contribution < -0.4 is 11.5 Å². The van der Waals surface area contributed by atoms with E-state index in [4.69, 9.17) is 10.2 Å². The lowest BCUT2D eigenvalue weighted by Gasteiger charge is -1.67. The molecule has 5 nitrogen and oxygen atoms in total. The summed E-state index contributed by atoms with van der Waals surface area (Å²) in [5.41, 5.74) is 8.80. The molecule has 8 N–H and O–H groups in total. The molecule has 0 saturated heterocycles. The molecule has 0 heterocycles. The number of nitrogens with two attached hydrogens (primary N) is 2. The molecule has 0 fully saturated rings. The second-order valence-corrected chi connectivity index (χ2v) is 1.51. The van der Waals surface area contributed by atoms with Crippen molar-refractivity contribution in [2.45, 2.75) is 0 Å². The van der Waals surface area contributed by atoms with Crippen LogP contribution in [-0.2, 0) is 0 Å². The molecule has 0 spiro atoms. The zero-order chi connectivity index (χ0) is 7.15. The predicted octanol–water partition coefficient (Wildman–Crippen LogP) is -1.25. The van der Waals surface area contributed by atoms with Crippen LogP contribution in [0.2, 0.25) is 0 Å². The van der Waals surface area contributed by atoms with Gasteiger partial charge in [-0.2, -0.15) is 0 Å². The summed E-state index contributed by atoms with van der Waals surface area (Å²) in [4.78, 5) is 0. The van der Waals surface area contributed by atoms with Gasteiger partial charge in [0.25, 0.3) is 10.3 Å². The van der Waals surface area contributed by atoms with E-state index >= 15 is 0 Å². The molecule has 0 saturated carbocycles. The summed E-state index contributed by atoms with van der Waals surface area (Å²) in [6.07, 6.45) is 0. The Bertz CT molecular complexity index is 75.8. The first-order valence-electron chi connectivity index (χ1n) is 1.43. The molecule has 0 atom stereocenters. The zero-order valence-corrected chi connectivity index (χ0v) is 6.00. The largest absolute Gasteiger partial charge is 0.487 e. The predicted molar refractivity (Wildman–Crippen MR) is 42.4 cm³/mol. The van der Waals surface area contributed by atoms with Crippen molar-refractivity contribution < 1.29 is 15.7 Å². The van der Waals surface area contributed by atoms with E-state index in [1.54, 1.807) is 0 Å². The SMILES string of the molecule is NC(O)=S.NC(O)=S.O. The maximum atomic E-state index is 7.56. The number of rotatable bonds is 0. The van der Waals surface area contributed by atoms with Crippen LogP contribution in [0.15, 0.2) is 0 Å². The van der Waals surface area contributed by atoms with Crippen LogP contribution >= 0.6 is 24.4 Å². The maximum Gasteiger partial charge on any atom is 0.251 e. The van der Waals surface area contributed by atoms with Gasteiger partial charge in [-0.25, -0.2) is 0 Å². The first-order valence-corrected chi connectivity index (χ1v) is 2.25. The van der Waals surface area contributed by atoms with Gasteiger partial charge in [-0.05, 0) is 24.4 Å². The number of hydrogen-bond acceptors (Lipinski definition) is 2. The van der Waals surface area contributed by atoms with Gasteiger partial charge >= 0.3 is 0 Å². The van der Waals surface area contributed by atoms with Crippen LogP contribution in [0.1, 0.15) is 0 Å². The molecule has 9 heavy (non-hydrogen) atoms. The molecular weight excluding hydrogens is 164 g/mol. The van der Waals surface area contributed by atoms with E-state index in [9.17, 15) is 0 Å². The minimum absolute atomic E-state index is 0. The Morgan fingerprint density at radius 3 is 1.00 bits per heavy atom. The fraction of sp³-hybridized carbons (Fsp3) is 0. The van der Waals surface area contributed by atoms with Gasteiger partial charge in [-0.15, -0.1) is 0 Å². The van der Waals surface area contributed by atoms with Crippen molar-refractivity contribution in [3.8, 4) is 0 Å². The van der Waals surface area contributed by atoms with Gasteiger partial charge in [0.15, 0.2) is 0 Å². The average molecular weight is 172 g/mol. The third-order valence-corrected chi connectivity index (χ3v) is 0. The van der Waals surface area contributed by atoms with E-state index in [1.807, 2.05) is 0 Å². The fourth-order valence-corrected chi connectivity index (χ4v) is 0. The van der Waals surface area contributed by atoms with E-state index in [-0.39, 0.29) is 5.48 Å². The van der Waals surface area contributed by atoms with Crippen LogP contribution in [-0.4, -0.2) is 26.0 Å². The third-order valence-electron chi connectivity index (χ3n) is 0. The molecule has 56 valence electrons. The number of hydrogen-bond donors (Lipinski definition) is 4. The number of aliphatic hydroxyl groups is 2. The van der Waals surface area contributed by atoms with Crippen molar-refractivity contribution in [2.24, 2.45) is 11.5 Å². The minimum Gasteiger partial charge on any atom is -0.487 e. The Kier molecular flexibility index (Phi) is 18.1. The summed E-state index contributed by atoms with van der Waals surface area (Å²) in [7, 11) is 0. The van der Waals surface area contributed by atoms with Gasteiger partial charge in [0.1, 0.15) is 0 Å². The normalized spacial score (nSPS) is 5.33. The van der Waals surface area contributed by atoms with E-state index in [2.05, 4.69) is 35.9 Å². The highest BCUT2D eigenvalue weighted by molar-refractivity contribution is 7.80. The molecule has 0 amide bonds. The molecule has 7 heteroatoms. The topological polar surface area (TPSA) is 124 Å². The van der Waals surface area contributed by atoms with Crippen LogP contribution in [0.25, 0.3) is 0 Å². The molecule has 0 aromatic carbocycles. The maximum absolute atomic E-state index is 7.56. The summed E-state index contributed by atoms with van der Waals surface area (Å²) in [5, 5.41) is 14.1. The highest BCUT2D eigenvalue weighted by Crippen LogP contribution is 1.40. The molecule has 0 rings (SSSR count). The van der Waals surface area contributed by atoms with Crippen molar-refractivity contribution in [3.63, 3.8) is 0 Å². The van der Waals surface area contributed by atoms with Crippen molar-refractivity contribution in [3.05, 3.63) is 0 Å². The van der Waals surface area contributed by atoms with E-state index in [0.29, 0.717) is 0 Å². The lowest BCUT2D eigenvalue weighted by atomic mass is 11.4. The van der Waals surface area contributed by atoms with E-state index < -0.39 is 10.3 Å². The van der Waals surface area contributed by atoms with E-state index in [0.717, 1.165) is 0 Å². The molecular formula is C2H8N2O3S2. The Balaban J connectivity index is -0.0000000720. The van der Waals surface area contributed by atoms with Gasteiger partial charge in [0.05, 0.1) is 0 Å². The monoisotopic (exact) mass is 172 g/mol. The first kappa shape index (κ1) is 15.8. The lowest BCUT2D eigenvalue weighted by Crippen LogP contribution is -2.03. The Labute approximate surface area is 62.6 Å². The highest BCUT2D eigenvalue weighted by Gasteiger charge is 1.57. The Hall–Kier alpha value is -0.660. The standard InChI is InChI=1S/2CH3NOS.H2O/c2*2-1(3)4;/h2*(H3,2,3,4);1H2. The van der Waals surface area contributed by atoms with Gasteiger partial charge in [-0.3, -0.25) is 0 Å². The third kappa shape index (κ3) is 480. The molecule has 0 radical (unpaired) electrons. The van der Waals surface area contributed by atoms with Crippen LogP contribution in [0.4, 0.5) is 0 Å². The van der Waals surface area contributed by atoms with Gasteiger partial charge < -0.3 is 27.2 Å². The van der Waals surface area contributed by atoms with Crippen LogP contribution in [0.3, 0.4) is 0 Å².